The topological polar surface area (TPSA) is 129 Å². The smallest absolute Gasteiger partial charge is 0.245 e. The van der Waals surface area contributed by atoms with Crippen LogP contribution < -0.4 is 25.0 Å². The van der Waals surface area contributed by atoms with Gasteiger partial charge in [0.15, 0.2) is 0 Å². The molecule has 1 atom stereocenters. The summed E-state index contributed by atoms with van der Waals surface area (Å²) in [5.74, 6) is 2.49. The van der Waals surface area contributed by atoms with Crippen molar-refractivity contribution in [3.05, 3.63) is 73.5 Å². The number of amides is 1. The summed E-state index contributed by atoms with van der Waals surface area (Å²) in [5, 5.41) is 16.4. The van der Waals surface area contributed by atoms with Gasteiger partial charge in [-0.2, -0.15) is 5.26 Å². The molecule has 2 aromatic carbocycles. The molecule has 12 heteroatoms. The molecule has 2 aliphatic heterocycles. The van der Waals surface area contributed by atoms with Crippen LogP contribution in [0.2, 0.25) is 0 Å². The molecule has 2 N–H and O–H groups in total. The molecule has 11 nitrogen and oxygen atoms in total. The molecule has 2 saturated heterocycles. The van der Waals surface area contributed by atoms with Crippen LogP contribution in [-0.4, -0.2) is 65.1 Å². The minimum Gasteiger partial charge on any atom is -0.495 e. The van der Waals surface area contributed by atoms with Crippen molar-refractivity contribution < 1.29 is 18.7 Å². The van der Waals surface area contributed by atoms with Crippen LogP contribution in [0, 0.1) is 23.1 Å². The fourth-order valence-corrected chi connectivity index (χ4v) is 5.96. The fourth-order valence-electron chi connectivity index (χ4n) is 5.96. The highest BCUT2D eigenvalue weighted by molar-refractivity contribution is 5.95. The molecular formula is C34H35FN8O3. The van der Waals surface area contributed by atoms with Crippen LogP contribution in [0.25, 0.3) is 10.9 Å². The summed E-state index contributed by atoms with van der Waals surface area (Å²) in [7, 11) is 1.60. The van der Waals surface area contributed by atoms with E-state index in [1.54, 1.807) is 36.4 Å². The number of carbonyl (C=O) groups excluding carboxylic acids is 1. The number of rotatable bonds is 10. The van der Waals surface area contributed by atoms with Gasteiger partial charge in [0.1, 0.15) is 41.0 Å². The van der Waals surface area contributed by atoms with Crippen molar-refractivity contribution in [2.75, 3.05) is 48.8 Å². The van der Waals surface area contributed by atoms with Crippen LogP contribution in [0.4, 0.5) is 27.4 Å². The molecule has 0 unspecified atom stereocenters. The highest BCUT2D eigenvalue weighted by Gasteiger charge is 2.24. The minimum atomic E-state index is -0.509. The third-order valence-corrected chi connectivity index (χ3v) is 8.43. The summed E-state index contributed by atoms with van der Waals surface area (Å²) in [6, 6.07) is 14.3. The van der Waals surface area contributed by atoms with Crippen LogP contribution in [0.15, 0.2) is 67.6 Å². The van der Waals surface area contributed by atoms with Gasteiger partial charge in [-0.1, -0.05) is 6.58 Å². The van der Waals surface area contributed by atoms with Gasteiger partial charge >= 0.3 is 0 Å². The van der Waals surface area contributed by atoms with Gasteiger partial charge in [0.25, 0.3) is 0 Å². The molecule has 0 aliphatic carbocycles. The van der Waals surface area contributed by atoms with Crippen molar-refractivity contribution in [1.82, 2.24) is 19.9 Å². The molecule has 1 amide bonds. The summed E-state index contributed by atoms with van der Waals surface area (Å²) in [6.45, 7) is 6.46. The number of nitriles is 1. The molecule has 0 spiro atoms. The number of likely N-dealkylation sites (tertiary alicyclic amines) is 1. The first-order valence-electron chi connectivity index (χ1n) is 15.3. The Balaban J connectivity index is 1.16. The first-order chi connectivity index (χ1) is 22.4. The first kappa shape index (κ1) is 30.6. The van der Waals surface area contributed by atoms with Crippen LogP contribution in [-0.2, 0) is 4.79 Å². The van der Waals surface area contributed by atoms with Gasteiger partial charge < -0.3 is 29.9 Å². The number of aromatic nitrogens is 3. The number of benzene rings is 2. The molecule has 6 rings (SSSR count). The van der Waals surface area contributed by atoms with E-state index in [0.717, 1.165) is 43.9 Å². The van der Waals surface area contributed by atoms with E-state index in [2.05, 4.69) is 43.1 Å². The normalized spacial score (nSPS) is 16.6. The summed E-state index contributed by atoms with van der Waals surface area (Å²) >= 11 is 0. The zero-order valence-corrected chi connectivity index (χ0v) is 25.6. The number of methoxy groups -OCH3 is 1. The number of hydrogen-bond acceptors (Lipinski definition) is 10. The van der Waals surface area contributed by atoms with Crippen LogP contribution in [0.5, 0.6) is 17.2 Å². The number of carbonyl (C=O) groups is 1. The fraction of sp³-hybridized carbons (Fsp3) is 0.324. The molecular weight excluding hydrogens is 587 g/mol. The Morgan fingerprint density at radius 1 is 1.09 bits per heavy atom. The second-order valence-electron chi connectivity index (χ2n) is 11.4. The van der Waals surface area contributed by atoms with Gasteiger partial charge in [-0.15, -0.1) is 0 Å². The highest BCUT2D eigenvalue weighted by Crippen LogP contribution is 2.36. The number of fused-ring (bicyclic) bond motifs is 1. The number of halogens is 1. The predicted molar refractivity (Wildman–Crippen MR) is 174 cm³/mol. The maximum Gasteiger partial charge on any atom is 0.245 e. The summed E-state index contributed by atoms with van der Waals surface area (Å²) in [4.78, 5) is 29.2. The van der Waals surface area contributed by atoms with Crippen molar-refractivity contribution in [2.24, 2.45) is 5.92 Å². The van der Waals surface area contributed by atoms with E-state index in [-0.39, 0.29) is 17.6 Å². The molecule has 0 bridgehead atoms. The minimum absolute atomic E-state index is 0.0582. The molecule has 0 radical (unpaired) electrons. The van der Waals surface area contributed by atoms with Crippen molar-refractivity contribution in [3.63, 3.8) is 0 Å². The molecule has 4 heterocycles. The lowest BCUT2D eigenvalue weighted by Crippen LogP contribution is -2.41. The average molecular weight is 623 g/mol. The van der Waals surface area contributed by atoms with Crippen molar-refractivity contribution in [3.8, 4) is 23.3 Å². The second-order valence-corrected chi connectivity index (χ2v) is 11.4. The monoisotopic (exact) mass is 622 g/mol. The van der Waals surface area contributed by atoms with E-state index >= 15 is 4.39 Å². The lowest BCUT2D eigenvalue weighted by Gasteiger charge is -2.32. The number of ether oxygens (including phenoxy) is 2. The summed E-state index contributed by atoms with van der Waals surface area (Å²) in [6.07, 6.45) is 7.47. The largest absolute Gasteiger partial charge is 0.495 e. The number of anilines is 4. The van der Waals surface area contributed by atoms with Gasteiger partial charge in [0.2, 0.25) is 5.91 Å². The molecule has 4 aromatic rings. The Hall–Kier alpha value is -5.44. The standard InChI is InChI=1S/C34H35FN8O3/c1-3-33(44)42-14-9-23(10-15-42)40-30-18-26-29(19-31(30)45-2)38-21-39-34(26)41-28-5-4-24(16-27(28)35)46-25-7-12-37-32(17-25)43-13-8-22(20-43)6-11-36/h3-5,7,12,16-19,21-23,40H,1,6,8-10,13-15,20H2,2H3,(H,38,39,41)/t22-/m0/s1. The molecule has 2 aliphatic rings. The molecule has 0 saturated carbocycles. The lowest BCUT2D eigenvalue weighted by atomic mass is 10.0. The SMILES string of the molecule is C=CC(=O)N1CCC(Nc2cc3c(Nc4ccc(Oc5ccnc(N6CC[C@H](CC#N)C6)c5)cc4F)ncnc3cc2OC)CC1. The van der Waals surface area contributed by atoms with Crippen molar-refractivity contribution in [1.29, 1.82) is 5.26 Å². The van der Waals surface area contributed by atoms with Gasteiger partial charge in [-0.25, -0.2) is 19.3 Å². The number of nitrogens with zero attached hydrogens (tertiary/aromatic N) is 6. The van der Waals surface area contributed by atoms with E-state index in [1.807, 2.05) is 18.2 Å². The van der Waals surface area contributed by atoms with Crippen LogP contribution >= 0.6 is 0 Å². The number of nitrogens with one attached hydrogen (secondary N) is 2. The predicted octanol–water partition coefficient (Wildman–Crippen LogP) is 6.04. The number of pyridine rings is 1. The molecule has 2 aromatic heterocycles. The maximum absolute atomic E-state index is 15.4. The molecule has 46 heavy (non-hydrogen) atoms. The van der Waals surface area contributed by atoms with E-state index in [9.17, 15) is 4.79 Å². The first-order valence-corrected chi connectivity index (χ1v) is 15.3. The lowest BCUT2D eigenvalue weighted by molar-refractivity contribution is -0.126. The van der Waals surface area contributed by atoms with Gasteiger partial charge in [-0.3, -0.25) is 4.79 Å². The van der Waals surface area contributed by atoms with E-state index in [0.29, 0.717) is 59.4 Å². The third kappa shape index (κ3) is 6.78. The van der Waals surface area contributed by atoms with E-state index in [1.165, 1.54) is 18.5 Å². The Morgan fingerprint density at radius 3 is 2.67 bits per heavy atom. The van der Waals surface area contributed by atoms with E-state index in [4.69, 9.17) is 14.7 Å². The maximum atomic E-state index is 15.4. The highest BCUT2D eigenvalue weighted by atomic mass is 19.1. The molecule has 236 valence electrons. The summed E-state index contributed by atoms with van der Waals surface area (Å²) in [5.41, 5.74) is 1.63. The summed E-state index contributed by atoms with van der Waals surface area (Å²) < 4.78 is 27.0. The quantitative estimate of drug-likeness (QED) is 0.202. The zero-order chi connectivity index (χ0) is 32.0. The second kappa shape index (κ2) is 13.7. The number of hydrogen-bond donors (Lipinski definition) is 2. The third-order valence-electron chi connectivity index (χ3n) is 8.43. The Labute approximate surface area is 266 Å². The molecule has 2 fully saturated rings. The Kier molecular flexibility index (Phi) is 9.10. The average Bonchev–Trinajstić information content (AvgIpc) is 3.55. The Bertz CT molecular complexity index is 1790. The zero-order valence-electron chi connectivity index (χ0n) is 25.6. The van der Waals surface area contributed by atoms with Crippen molar-refractivity contribution >= 4 is 39.8 Å². The van der Waals surface area contributed by atoms with Gasteiger partial charge in [-0.05, 0) is 55.5 Å². The Morgan fingerprint density at radius 2 is 1.91 bits per heavy atom. The number of piperidine rings is 1. The van der Waals surface area contributed by atoms with Crippen LogP contribution in [0.1, 0.15) is 25.7 Å². The van der Waals surface area contributed by atoms with E-state index < -0.39 is 5.82 Å². The van der Waals surface area contributed by atoms with Crippen LogP contribution in [0.3, 0.4) is 0 Å². The van der Waals surface area contributed by atoms with Gasteiger partial charge in [0.05, 0.1) is 30.1 Å². The van der Waals surface area contributed by atoms with Gasteiger partial charge in [0, 0.05) is 68.4 Å². The van der Waals surface area contributed by atoms with Crippen molar-refractivity contribution in [2.45, 2.75) is 31.7 Å².